The molecule has 0 amide bonds. The summed E-state index contributed by atoms with van der Waals surface area (Å²) in [5, 5.41) is 9.07. The topological polar surface area (TPSA) is 20.2 Å². The summed E-state index contributed by atoms with van der Waals surface area (Å²) < 4.78 is 0. The lowest BCUT2D eigenvalue weighted by Gasteiger charge is -2.15. The van der Waals surface area contributed by atoms with Crippen LogP contribution in [0.25, 0.3) is 0 Å². The van der Waals surface area contributed by atoms with Gasteiger partial charge in [0.2, 0.25) is 0 Å². The van der Waals surface area contributed by atoms with Gasteiger partial charge in [0.05, 0.1) is 0 Å². The van der Waals surface area contributed by atoms with Gasteiger partial charge in [-0.05, 0) is 18.2 Å². The third-order valence-corrected chi connectivity index (χ3v) is 3.14. The highest BCUT2D eigenvalue weighted by molar-refractivity contribution is 6.75. The predicted molar refractivity (Wildman–Crippen MR) is 63.7 cm³/mol. The summed E-state index contributed by atoms with van der Waals surface area (Å²) in [6, 6.07) is 8.72. The van der Waals surface area contributed by atoms with Gasteiger partial charge in [-0.3, -0.25) is 0 Å². The van der Waals surface area contributed by atoms with E-state index in [1.165, 1.54) is 11.6 Å². The van der Waals surface area contributed by atoms with Crippen LogP contribution in [0, 0.1) is 0 Å². The highest BCUT2D eigenvalue weighted by Crippen LogP contribution is 2.14. The van der Waals surface area contributed by atoms with E-state index in [4.69, 9.17) is 5.11 Å². The average Bonchev–Trinajstić information content (AvgIpc) is 1.91. The Hall–Kier alpha value is 0.00312. The Morgan fingerprint density at radius 1 is 1.08 bits per heavy atom. The van der Waals surface area contributed by atoms with Crippen LogP contribution < -0.4 is 0 Å². The summed E-state index contributed by atoms with van der Waals surface area (Å²) in [5.41, 5.74) is 1.34. The minimum Gasteiger partial charge on any atom is -0.508 e. The molecule has 0 aromatic heterocycles. The van der Waals surface area contributed by atoms with Gasteiger partial charge in [0.1, 0.15) is 5.75 Å². The van der Waals surface area contributed by atoms with Crippen LogP contribution in [0.15, 0.2) is 24.3 Å². The molecule has 0 radical (unpaired) electrons. The van der Waals surface area contributed by atoms with E-state index in [9.17, 15) is 0 Å². The second kappa shape index (κ2) is 5.03. The summed E-state index contributed by atoms with van der Waals surface area (Å²) in [5.74, 6) is 0.356. The zero-order valence-corrected chi connectivity index (χ0v) is 8.96. The van der Waals surface area contributed by atoms with E-state index in [0.717, 1.165) is 0 Å². The average molecular weight is 207 g/mol. The molecule has 1 nitrogen and oxygen atoms in total. The molecule has 3 heteroatoms. The first kappa shape index (κ1) is 13.0. The van der Waals surface area contributed by atoms with Crippen LogP contribution >= 0.6 is 0 Å². The zero-order chi connectivity index (χ0) is 9.19. The summed E-state index contributed by atoms with van der Waals surface area (Å²) in [6.07, 6.45) is 0. The molecule has 0 aliphatic carbocycles. The van der Waals surface area contributed by atoms with Crippen molar-refractivity contribution in [3.63, 3.8) is 0 Å². The molecule has 70 valence electrons. The number of benzene rings is 1. The molecule has 1 aromatic rings. The Balaban J connectivity index is 0.00000144. The molecule has 0 saturated heterocycles. The van der Waals surface area contributed by atoms with Crippen LogP contribution in [0.3, 0.4) is 0 Å². The van der Waals surface area contributed by atoms with Crippen molar-refractivity contribution >= 4 is 31.1 Å². The Bertz CT molecular complexity index is 251. The minimum absolute atomic E-state index is 0. The van der Waals surface area contributed by atoms with Gasteiger partial charge in [-0.15, -0.1) is 0 Å². The maximum Gasteiger partial charge on any atom is 0.316 e. The quantitative estimate of drug-likeness (QED) is 0.733. The van der Waals surface area contributed by atoms with Crippen LogP contribution in [0.1, 0.15) is 5.56 Å². The minimum atomic E-state index is -0.997. The molecule has 13 heavy (non-hydrogen) atoms. The van der Waals surface area contributed by atoms with Crippen LogP contribution in [-0.2, 0) is 6.04 Å². The summed E-state index contributed by atoms with van der Waals surface area (Å²) >= 11 is 0. The molecule has 0 aliphatic heterocycles. The first-order chi connectivity index (χ1) is 5.47. The van der Waals surface area contributed by atoms with Crippen LogP contribution in [0.5, 0.6) is 5.75 Å². The van der Waals surface area contributed by atoms with Crippen molar-refractivity contribution in [3.8, 4) is 5.75 Å². The van der Waals surface area contributed by atoms with E-state index in [0.29, 0.717) is 5.75 Å². The molecule has 0 fully saturated rings. The fourth-order valence-corrected chi connectivity index (χ4v) is 2.69. The number of hydrogen-bond donors (Lipinski definition) is 1. The Kier molecular flexibility index (Phi) is 5.03. The molecule has 0 bridgehead atoms. The Morgan fingerprint density at radius 3 is 1.92 bits per heavy atom. The molecule has 0 unspecified atom stereocenters. The first-order valence-corrected chi connectivity index (χ1v) is 7.96. The number of rotatable bonds is 2. The lowest BCUT2D eigenvalue weighted by atomic mass is 10.2. The van der Waals surface area contributed by atoms with Crippen molar-refractivity contribution in [2.24, 2.45) is 0 Å². The van der Waals surface area contributed by atoms with E-state index in [1.54, 1.807) is 12.1 Å². The molecule has 0 saturated carbocycles. The predicted octanol–water partition coefficient (Wildman–Crippen LogP) is 1.90. The molecular formula is C10H18MgOSi. The van der Waals surface area contributed by atoms with Gasteiger partial charge in [0, 0.05) is 8.07 Å². The van der Waals surface area contributed by atoms with Crippen molar-refractivity contribution in [1.82, 2.24) is 0 Å². The normalized spacial score (nSPS) is 10.7. The molecule has 1 N–H and O–H groups in total. The summed E-state index contributed by atoms with van der Waals surface area (Å²) in [6.45, 7) is 7.04. The van der Waals surface area contributed by atoms with Gasteiger partial charge in [0.25, 0.3) is 0 Å². The second-order valence-electron chi connectivity index (χ2n) is 4.40. The fraction of sp³-hybridized carbons (Fsp3) is 0.400. The third-order valence-electron chi connectivity index (χ3n) is 1.67. The number of hydrogen-bond acceptors (Lipinski definition) is 1. The number of phenolic OH excluding ortho intramolecular Hbond substituents is 1. The molecule has 0 spiro atoms. The Morgan fingerprint density at radius 2 is 1.54 bits per heavy atom. The van der Waals surface area contributed by atoms with E-state index in [-0.39, 0.29) is 23.1 Å². The maximum absolute atomic E-state index is 9.07. The first-order valence-electron chi connectivity index (χ1n) is 4.25. The van der Waals surface area contributed by atoms with E-state index in [1.807, 2.05) is 12.1 Å². The van der Waals surface area contributed by atoms with E-state index in [2.05, 4.69) is 19.6 Å². The van der Waals surface area contributed by atoms with Crippen LogP contribution in [0.4, 0.5) is 0 Å². The van der Waals surface area contributed by atoms with E-state index >= 15 is 0 Å². The van der Waals surface area contributed by atoms with Crippen LogP contribution in [-0.4, -0.2) is 36.2 Å². The Labute approximate surface area is 97.3 Å². The maximum atomic E-state index is 9.07. The van der Waals surface area contributed by atoms with Crippen molar-refractivity contribution in [3.05, 3.63) is 29.8 Å². The monoisotopic (exact) mass is 206 g/mol. The third kappa shape index (κ3) is 5.34. The van der Waals surface area contributed by atoms with E-state index < -0.39 is 8.07 Å². The van der Waals surface area contributed by atoms with Gasteiger partial charge in [-0.25, -0.2) is 0 Å². The van der Waals surface area contributed by atoms with Crippen molar-refractivity contribution in [2.75, 3.05) is 0 Å². The highest BCUT2D eigenvalue weighted by Gasteiger charge is 2.13. The SMILES string of the molecule is C[Si](C)(C)Cc1ccc(O)cc1.[MgH2]. The molecule has 0 aliphatic rings. The van der Waals surface area contributed by atoms with Crippen molar-refractivity contribution in [2.45, 2.75) is 25.7 Å². The standard InChI is InChI=1S/C10H16OSi.Mg.2H/c1-12(2,3)8-9-4-6-10(11)7-5-9;;;/h4-7,11H,8H2,1-3H3;;;. The number of aromatic hydroxyl groups is 1. The molecule has 0 atom stereocenters. The zero-order valence-electron chi connectivity index (χ0n) is 7.96. The van der Waals surface area contributed by atoms with Crippen molar-refractivity contribution in [1.29, 1.82) is 0 Å². The second-order valence-corrected chi connectivity index (χ2v) is 9.88. The lowest BCUT2D eigenvalue weighted by molar-refractivity contribution is 0.475. The smallest absolute Gasteiger partial charge is 0.316 e. The van der Waals surface area contributed by atoms with Gasteiger partial charge in [0.15, 0.2) is 0 Å². The van der Waals surface area contributed by atoms with Crippen molar-refractivity contribution < 1.29 is 5.11 Å². The van der Waals surface area contributed by atoms with Gasteiger partial charge < -0.3 is 5.11 Å². The fourth-order valence-electron chi connectivity index (χ4n) is 1.23. The molecule has 1 aromatic carbocycles. The van der Waals surface area contributed by atoms with Gasteiger partial charge >= 0.3 is 23.1 Å². The molecular weight excluding hydrogens is 188 g/mol. The molecule has 0 heterocycles. The van der Waals surface area contributed by atoms with Crippen LogP contribution in [0.2, 0.25) is 19.6 Å². The largest absolute Gasteiger partial charge is 0.508 e. The lowest BCUT2D eigenvalue weighted by Crippen LogP contribution is -2.23. The van der Waals surface area contributed by atoms with Gasteiger partial charge in [-0.1, -0.05) is 37.3 Å². The summed E-state index contributed by atoms with van der Waals surface area (Å²) in [4.78, 5) is 0. The van der Waals surface area contributed by atoms with Gasteiger partial charge in [-0.2, -0.15) is 0 Å². The highest BCUT2D eigenvalue weighted by atomic mass is 28.3. The number of phenols is 1. The molecule has 1 rings (SSSR count). The summed E-state index contributed by atoms with van der Waals surface area (Å²) in [7, 11) is -0.997.